The molecule has 6 heteroatoms. The highest BCUT2D eigenvalue weighted by Gasteiger charge is 2.23. The largest absolute Gasteiger partial charge is 0.497 e. The second-order valence-electron chi connectivity index (χ2n) is 5.05. The summed E-state index contributed by atoms with van der Waals surface area (Å²) in [7, 11) is -0.402. The van der Waals surface area contributed by atoms with Gasteiger partial charge in [0.25, 0.3) is 0 Å². The van der Waals surface area contributed by atoms with E-state index in [2.05, 4.69) is 15.9 Å². The fourth-order valence-corrected chi connectivity index (χ4v) is 4.40. The molecule has 2 aromatic rings. The first-order chi connectivity index (χ1) is 10.3. The lowest BCUT2D eigenvalue weighted by atomic mass is 10.2. The van der Waals surface area contributed by atoms with Gasteiger partial charge in [0.1, 0.15) is 5.75 Å². The monoisotopic (exact) mass is 383 g/mol. The Kier molecular flexibility index (Phi) is 5.26. The molecule has 2 rings (SSSR count). The van der Waals surface area contributed by atoms with Crippen LogP contribution in [0.25, 0.3) is 0 Å². The number of rotatable bonds is 5. The van der Waals surface area contributed by atoms with E-state index in [9.17, 15) is 8.42 Å². The van der Waals surface area contributed by atoms with Crippen molar-refractivity contribution in [1.29, 1.82) is 0 Å². The fraction of sp³-hybridized carbons (Fsp3) is 0.250. The van der Waals surface area contributed by atoms with Gasteiger partial charge in [-0.05, 0) is 58.2 Å². The Bertz CT molecular complexity index is 775. The summed E-state index contributed by atoms with van der Waals surface area (Å²) in [5, 5.41) is 0. The number of ether oxygens (including phenoxy) is 1. The van der Waals surface area contributed by atoms with Crippen LogP contribution < -0.4 is 4.74 Å². The maximum absolute atomic E-state index is 12.7. The van der Waals surface area contributed by atoms with E-state index in [0.29, 0.717) is 10.2 Å². The zero-order valence-corrected chi connectivity index (χ0v) is 15.1. The first-order valence-corrected chi connectivity index (χ1v) is 8.93. The van der Waals surface area contributed by atoms with Gasteiger partial charge < -0.3 is 4.74 Å². The topological polar surface area (TPSA) is 46.6 Å². The van der Waals surface area contributed by atoms with E-state index in [-0.39, 0.29) is 11.4 Å². The molecule has 0 radical (unpaired) electrons. The van der Waals surface area contributed by atoms with E-state index in [0.717, 1.165) is 11.1 Å². The van der Waals surface area contributed by atoms with Crippen LogP contribution >= 0.6 is 15.9 Å². The Balaban J connectivity index is 2.28. The van der Waals surface area contributed by atoms with Crippen LogP contribution in [0.1, 0.15) is 11.1 Å². The van der Waals surface area contributed by atoms with Crippen LogP contribution in [-0.4, -0.2) is 26.9 Å². The molecular weight excluding hydrogens is 366 g/mol. The highest BCUT2D eigenvalue weighted by atomic mass is 79.9. The zero-order chi connectivity index (χ0) is 16.3. The second kappa shape index (κ2) is 6.81. The molecule has 0 aliphatic rings. The predicted octanol–water partition coefficient (Wildman–Crippen LogP) is 3.59. The van der Waals surface area contributed by atoms with Gasteiger partial charge in [0, 0.05) is 18.1 Å². The van der Waals surface area contributed by atoms with Gasteiger partial charge in [-0.25, -0.2) is 8.42 Å². The molecule has 2 aromatic carbocycles. The Labute approximate surface area is 139 Å². The summed E-state index contributed by atoms with van der Waals surface area (Å²) in [6.07, 6.45) is 0. The summed E-state index contributed by atoms with van der Waals surface area (Å²) in [6.45, 7) is 2.20. The number of hydrogen-bond acceptors (Lipinski definition) is 3. The van der Waals surface area contributed by atoms with Crippen molar-refractivity contribution in [3.8, 4) is 5.75 Å². The number of sulfonamides is 1. The second-order valence-corrected chi connectivity index (χ2v) is 7.91. The summed E-state index contributed by atoms with van der Waals surface area (Å²) in [4.78, 5) is 0.267. The Morgan fingerprint density at radius 2 is 1.91 bits per heavy atom. The normalized spacial score (nSPS) is 11.7. The first-order valence-electron chi connectivity index (χ1n) is 6.70. The molecule has 0 aliphatic carbocycles. The lowest BCUT2D eigenvalue weighted by Gasteiger charge is -2.18. The first kappa shape index (κ1) is 17.0. The van der Waals surface area contributed by atoms with E-state index in [1.807, 2.05) is 31.2 Å². The molecule has 0 atom stereocenters. The minimum Gasteiger partial charge on any atom is -0.497 e. The van der Waals surface area contributed by atoms with Crippen LogP contribution in [0.15, 0.2) is 51.8 Å². The molecule has 0 N–H and O–H groups in total. The summed E-state index contributed by atoms with van der Waals surface area (Å²) in [6, 6.07) is 12.6. The standard InChI is InChI=1S/C16H18BrNO3S/c1-12-7-8-16(15(17)9-12)22(19,20)18(2)11-13-5-4-6-14(10-13)21-3/h4-10H,11H2,1-3H3. The smallest absolute Gasteiger partial charge is 0.244 e. The quantitative estimate of drug-likeness (QED) is 0.792. The van der Waals surface area contributed by atoms with Gasteiger partial charge in [0.05, 0.1) is 12.0 Å². The molecule has 0 unspecified atom stereocenters. The summed E-state index contributed by atoms with van der Waals surface area (Å²) < 4.78 is 32.4. The van der Waals surface area contributed by atoms with Crippen molar-refractivity contribution in [3.05, 3.63) is 58.1 Å². The number of methoxy groups -OCH3 is 1. The fourth-order valence-electron chi connectivity index (χ4n) is 2.10. The predicted molar refractivity (Wildman–Crippen MR) is 90.5 cm³/mol. The van der Waals surface area contributed by atoms with Gasteiger partial charge in [0.2, 0.25) is 10.0 Å². The van der Waals surface area contributed by atoms with Crippen LogP contribution in [0.3, 0.4) is 0 Å². The van der Waals surface area contributed by atoms with Crippen LogP contribution in [0.4, 0.5) is 0 Å². The number of benzene rings is 2. The lowest BCUT2D eigenvalue weighted by molar-refractivity contribution is 0.412. The molecule has 0 aliphatic heterocycles. The average molecular weight is 384 g/mol. The minimum atomic E-state index is -3.56. The van der Waals surface area contributed by atoms with Crippen molar-refractivity contribution >= 4 is 26.0 Å². The molecule has 0 spiro atoms. The molecule has 0 fully saturated rings. The maximum Gasteiger partial charge on any atom is 0.244 e. The van der Waals surface area contributed by atoms with Gasteiger partial charge in [-0.15, -0.1) is 0 Å². The van der Waals surface area contributed by atoms with E-state index in [1.54, 1.807) is 32.4 Å². The summed E-state index contributed by atoms with van der Waals surface area (Å²) in [5.41, 5.74) is 1.87. The maximum atomic E-state index is 12.7. The van der Waals surface area contributed by atoms with Crippen LogP contribution in [0, 0.1) is 6.92 Å². The highest BCUT2D eigenvalue weighted by molar-refractivity contribution is 9.10. The van der Waals surface area contributed by atoms with Gasteiger partial charge in [-0.3, -0.25) is 0 Å². The minimum absolute atomic E-state index is 0.267. The van der Waals surface area contributed by atoms with Crippen LogP contribution in [0.5, 0.6) is 5.75 Å². The van der Waals surface area contributed by atoms with Gasteiger partial charge in [0.15, 0.2) is 0 Å². The van der Waals surface area contributed by atoms with Crippen molar-refractivity contribution in [2.45, 2.75) is 18.4 Å². The Hall–Kier alpha value is -1.37. The van der Waals surface area contributed by atoms with E-state index < -0.39 is 10.0 Å². The Morgan fingerprint density at radius 3 is 2.55 bits per heavy atom. The van der Waals surface area contributed by atoms with Crippen molar-refractivity contribution < 1.29 is 13.2 Å². The van der Waals surface area contributed by atoms with Crippen molar-refractivity contribution in [2.75, 3.05) is 14.2 Å². The third-order valence-corrected chi connectivity index (χ3v) is 6.10. The van der Waals surface area contributed by atoms with Crippen molar-refractivity contribution in [2.24, 2.45) is 0 Å². The SMILES string of the molecule is COc1cccc(CN(C)S(=O)(=O)c2ccc(C)cc2Br)c1. The average Bonchev–Trinajstić information content (AvgIpc) is 2.47. The van der Waals surface area contributed by atoms with Gasteiger partial charge >= 0.3 is 0 Å². The molecule has 0 amide bonds. The number of nitrogens with zero attached hydrogens (tertiary/aromatic N) is 1. The van der Waals surface area contributed by atoms with Gasteiger partial charge in [-0.1, -0.05) is 18.2 Å². The van der Waals surface area contributed by atoms with Crippen LogP contribution in [-0.2, 0) is 16.6 Å². The number of aryl methyl sites for hydroxylation is 1. The van der Waals surface area contributed by atoms with Crippen molar-refractivity contribution in [1.82, 2.24) is 4.31 Å². The number of hydrogen-bond donors (Lipinski definition) is 0. The molecular formula is C16H18BrNO3S. The third-order valence-electron chi connectivity index (χ3n) is 3.31. The Morgan fingerprint density at radius 1 is 1.18 bits per heavy atom. The molecule has 4 nitrogen and oxygen atoms in total. The van der Waals surface area contributed by atoms with E-state index >= 15 is 0 Å². The van der Waals surface area contributed by atoms with E-state index in [4.69, 9.17) is 4.74 Å². The molecule has 0 saturated heterocycles. The molecule has 0 bridgehead atoms. The lowest BCUT2D eigenvalue weighted by Crippen LogP contribution is -2.26. The summed E-state index contributed by atoms with van der Waals surface area (Å²) >= 11 is 3.33. The van der Waals surface area contributed by atoms with Crippen LogP contribution in [0.2, 0.25) is 0 Å². The zero-order valence-electron chi connectivity index (χ0n) is 12.7. The molecule has 0 saturated carbocycles. The molecule has 0 aromatic heterocycles. The summed E-state index contributed by atoms with van der Waals surface area (Å²) in [5.74, 6) is 0.708. The van der Waals surface area contributed by atoms with Crippen molar-refractivity contribution in [3.63, 3.8) is 0 Å². The molecule has 118 valence electrons. The van der Waals surface area contributed by atoms with E-state index in [1.165, 1.54) is 4.31 Å². The van der Waals surface area contributed by atoms with Gasteiger partial charge in [-0.2, -0.15) is 4.31 Å². The molecule has 22 heavy (non-hydrogen) atoms. The number of halogens is 1. The highest BCUT2D eigenvalue weighted by Crippen LogP contribution is 2.26. The third kappa shape index (κ3) is 3.69. The molecule has 0 heterocycles.